The number of rotatable bonds is 6. The summed E-state index contributed by atoms with van der Waals surface area (Å²) in [5, 5.41) is 13.6. The molecule has 0 saturated carbocycles. The van der Waals surface area contributed by atoms with E-state index in [1.807, 2.05) is 30.5 Å². The normalized spacial score (nSPS) is 11.8. The number of nitro benzene ring substituents is 1. The number of thiazole rings is 1. The molecule has 0 radical (unpaired) electrons. The number of hydrogen-bond acceptors (Lipinski definition) is 6. The van der Waals surface area contributed by atoms with Crippen LogP contribution in [0.4, 0.5) is 5.69 Å². The average Bonchev–Trinajstić information content (AvgIpc) is 3.16. The number of nitrogens with zero attached hydrogens (tertiary/aromatic N) is 4. The van der Waals surface area contributed by atoms with Crippen molar-refractivity contribution < 1.29 is 9.72 Å². The summed E-state index contributed by atoms with van der Waals surface area (Å²) in [5.41, 5.74) is 2.19. The fourth-order valence-corrected chi connectivity index (χ4v) is 3.41. The van der Waals surface area contributed by atoms with E-state index in [2.05, 4.69) is 9.97 Å². The Morgan fingerprint density at radius 3 is 2.81 bits per heavy atom. The molecule has 0 N–H and O–H groups in total. The summed E-state index contributed by atoms with van der Waals surface area (Å²) in [6.07, 6.45) is 1.87. The summed E-state index contributed by atoms with van der Waals surface area (Å²) >= 11 is 1.45. The SMILES string of the molecule is C[C@@H](c1cccc([N+](=O)[O-])c1)N(C)C(=O)Cc1csc(-c2ccccn2)n1. The fourth-order valence-electron chi connectivity index (χ4n) is 2.61. The Labute approximate surface area is 160 Å². The highest BCUT2D eigenvalue weighted by atomic mass is 32.1. The maximum absolute atomic E-state index is 12.6. The van der Waals surface area contributed by atoms with Gasteiger partial charge < -0.3 is 4.90 Å². The van der Waals surface area contributed by atoms with E-state index in [4.69, 9.17) is 0 Å². The zero-order valence-corrected chi connectivity index (χ0v) is 15.7. The van der Waals surface area contributed by atoms with Crippen LogP contribution < -0.4 is 0 Å². The van der Waals surface area contributed by atoms with Crippen LogP contribution in [0.25, 0.3) is 10.7 Å². The molecule has 8 heteroatoms. The molecule has 0 fully saturated rings. The molecule has 3 rings (SSSR count). The smallest absolute Gasteiger partial charge is 0.269 e. The standard InChI is InChI=1S/C19H18N4O3S/c1-13(14-6-5-7-16(10-14)23(25)26)22(2)18(24)11-15-12-27-19(21-15)17-8-3-4-9-20-17/h3-10,12-13H,11H2,1-2H3/t13-/m0/s1. The number of pyridine rings is 1. The molecule has 1 amide bonds. The molecule has 0 saturated heterocycles. The van der Waals surface area contributed by atoms with Gasteiger partial charge in [0.25, 0.3) is 5.69 Å². The molecular formula is C19H18N4O3S. The van der Waals surface area contributed by atoms with Crippen LogP contribution in [0, 0.1) is 10.1 Å². The van der Waals surface area contributed by atoms with Crippen LogP contribution in [-0.2, 0) is 11.2 Å². The van der Waals surface area contributed by atoms with Crippen molar-refractivity contribution in [2.45, 2.75) is 19.4 Å². The maximum atomic E-state index is 12.6. The zero-order chi connectivity index (χ0) is 19.4. The molecule has 2 heterocycles. The van der Waals surface area contributed by atoms with E-state index >= 15 is 0 Å². The molecule has 2 aromatic heterocycles. The van der Waals surface area contributed by atoms with Crippen molar-refractivity contribution in [1.29, 1.82) is 0 Å². The van der Waals surface area contributed by atoms with Crippen LogP contribution in [0.3, 0.4) is 0 Å². The van der Waals surface area contributed by atoms with Gasteiger partial charge in [0.15, 0.2) is 0 Å². The number of benzene rings is 1. The molecule has 0 bridgehead atoms. The molecule has 3 aromatic rings. The lowest BCUT2D eigenvalue weighted by molar-refractivity contribution is -0.384. The lowest BCUT2D eigenvalue weighted by Crippen LogP contribution is -2.31. The van der Waals surface area contributed by atoms with E-state index in [0.717, 1.165) is 10.7 Å². The van der Waals surface area contributed by atoms with Gasteiger partial charge in [-0.15, -0.1) is 11.3 Å². The first-order chi connectivity index (χ1) is 13.0. The predicted molar refractivity (Wildman–Crippen MR) is 103 cm³/mol. The Balaban J connectivity index is 1.70. The molecule has 0 aliphatic rings. The molecule has 7 nitrogen and oxygen atoms in total. The summed E-state index contributed by atoms with van der Waals surface area (Å²) < 4.78 is 0. The molecule has 1 aromatic carbocycles. The van der Waals surface area contributed by atoms with Crippen LogP contribution in [-0.4, -0.2) is 32.7 Å². The monoisotopic (exact) mass is 382 g/mol. The van der Waals surface area contributed by atoms with Gasteiger partial charge >= 0.3 is 0 Å². The molecule has 0 aliphatic carbocycles. The molecule has 138 valence electrons. The summed E-state index contributed by atoms with van der Waals surface area (Å²) in [7, 11) is 1.69. The van der Waals surface area contributed by atoms with Crippen LogP contribution >= 0.6 is 11.3 Å². The van der Waals surface area contributed by atoms with E-state index in [1.165, 1.54) is 23.5 Å². The van der Waals surface area contributed by atoms with E-state index in [-0.39, 0.29) is 24.1 Å². The highest BCUT2D eigenvalue weighted by molar-refractivity contribution is 7.13. The van der Waals surface area contributed by atoms with Gasteiger partial charge in [0.05, 0.1) is 28.8 Å². The second-order valence-electron chi connectivity index (χ2n) is 6.07. The van der Waals surface area contributed by atoms with Gasteiger partial charge in [-0.2, -0.15) is 0 Å². The summed E-state index contributed by atoms with van der Waals surface area (Å²) in [4.78, 5) is 33.5. The average molecular weight is 382 g/mol. The van der Waals surface area contributed by atoms with E-state index in [1.54, 1.807) is 30.3 Å². The third kappa shape index (κ3) is 4.35. The van der Waals surface area contributed by atoms with Crippen molar-refractivity contribution in [1.82, 2.24) is 14.9 Å². The van der Waals surface area contributed by atoms with Gasteiger partial charge in [-0.1, -0.05) is 18.2 Å². The Hall–Kier alpha value is -3.13. The number of likely N-dealkylation sites (N-methyl/N-ethyl adjacent to an activating group) is 1. The highest BCUT2D eigenvalue weighted by Crippen LogP contribution is 2.25. The number of nitro groups is 1. The molecule has 27 heavy (non-hydrogen) atoms. The first-order valence-corrected chi connectivity index (χ1v) is 9.19. The number of hydrogen-bond donors (Lipinski definition) is 0. The number of amides is 1. The van der Waals surface area contributed by atoms with Gasteiger partial charge in [-0.05, 0) is 24.6 Å². The second-order valence-corrected chi connectivity index (χ2v) is 6.93. The van der Waals surface area contributed by atoms with E-state index in [0.29, 0.717) is 11.3 Å². The van der Waals surface area contributed by atoms with Crippen molar-refractivity contribution in [2.24, 2.45) is 0 Å². The minimum Gasteiger partial charge on any atom is -0.339 e. The Morgan fingerprint density at radius 1 is 1.30 bits per heavy atom. The molecule has 1 atom stereocenters. The topological polar surface area (TPSA) is 89.2 Å². The first-order valence-electron chi connectivity index (χ1n) is 8.31. The molecule has 0 spiro atoms. The van der Waals surface area contributed by atoms with Crippen LogP contribution in [0.5, 0.6) is 0 Å². The zero-order valence-electron chi connectivity index (χ0n) is 14.9. The highest BCUT2D eigenvalue weighted by Gasteiger charge is 2.20. The Morgan fingerprint density at radius 2 is 2.11 bits per heavy atom. The number of carbonyl (C=O) groups excluding carboxylic acids is 1. The lowest BCUT2D eigenvalue weighted by Gasteiger charge is -2.25. The molecule has 0 aliphatic heterocycles. The van der Waals surface area contributed by atoms with Crippen LogP contribution in [0.1, 0.15) is 24.2 Å². The van der Waals surface area contributed by atoms with Gasteiger partial charge in [-0.3, -0.25) is 19.9 Å². The quantitative estimate of drug-likeness (QED) is 0.477. The lowest BCUT2D eigenvalue weighted by atomic mass is 10.1. The van der Waals surface area contributed by atoms with Gasteiger partial charge in [0.1, 0.15) is 5.01 Å². The summed E-state index contributed by atoms with van der Waals surface area (Å²) in [6, 6.07) is 11.7. The Bertz CT molecular complexity index is 958. The third-order valence-electron chi connectivity index (χ3n) is 4.31. The van der Waals surface area contributed by atoms with Crippen molar-refractivity contribution in [3.8, 4) is 10.7 Å². The van der Waals surface area contributed by atoms with Crippen LogP contribution in [0.15, 0.2) is 54.0 Å². The fraction of sp³-hybridized carbons (Fsp3) is 0.211. The summed E-state index contributed by atoms with van der Waals surface area (Å²) in [5.74, 6) is -0.105. The van der Waals surface area contributed by atoms with Crippen molar-refractivity contribution >= 4 is 22.9 Å². The van der Waals surface area contributed by atoms with Crippen LogP contribution in [0.2, 0.25) is 0 Å². The maximum Gasteiger partial charge on any atom is 0.269 e. The Kier molecular flexibility index (Phi) is 5.56. The van der Waals surface area contributed by atoms with Crippen molar-refractivity contribution in [3.63, 3.8) is 0 Å². The second kappa shape index (κ2) is 8.05. The summed E-state index contributed by atoms with van der Waals surface area (Å²) in [6.45, 7) is 1.84. The number of aromatic nitrogens is 2. The molecular weight excluding hydrogens is 364 g/mol. The van der Waals surface area contributed by atoms with Gasteiger partial charge in [0.2, 0.25) is 5.91 Å². The largest absolute Gasteiger partial charge is 0.339 e. The van der Waals surface area contributed by atoms with E-state index < -0.39 is 4.92 Å². The predicted octanol–water partition coefficient (Wildman–Crippen LogP) is 3.88. The van der Waals surface area contributed by atoms with Gasteiger partial charge in [0, 0.05) is 30.8 Å². The minimum absolute atomic E-state index is 0.0136. The van der Waals surface area contributed by atoms with Crippen molar-refractivity contribution in [3.05, 3.63) is 75.4 Å². The van der Waals surface area contributed by atoms with Crippen molar-refractivity contribution in [2.75, 3.05) is 7.05 Å². The minimum atomic E-state index is -0.438. The number of carbonyl (C=O) groups is 1. The first kappa shape index (κ1) is 18.7. The van der Waals surface area contributed by atoms with E-state index in [9.17, 15) is 14.9 Å². The van der Waals surface area contributed by atoms with Gasteiger partial charge in [-0.25, -0.2) is 4.98 Å². The third-order valence-corrected chi connectivity index (χ3v) is 5.22. The molecule has 0 unspecified atom stereocenters. The number of non-ortho nitro benzene ring substituents is 1.